The number of rotatable bonds is 5. The number of carbonyl (C=O) groups is 3. The second-order valence-corrected chi connectivity index (χ2v) is 7.36. The number of nitrogens with zero attached hydrogens (tertiary/aromatic N) is 3. The van der Waals surface area contributed by atoms with Crippen LogP contribution in [0.2, 0.25) is 0 Å². The van der Waals surface area contributed by atoms with E-state index >= 15 is 0 Å². The fourth-order valence-corrected chi connectivity index (χ4v) is 4.01. The van der Waals surface area contributed by atoms with Crippen molar-refractivity contribution in [3.05, 3.63) is 38.8 Å². The largest absolute Gasteiger partial charge is 0.490 e. The number of likely N-dealkylation sites (tertiary alicyclic amines) is 1. The Labute approximate surface area is 165 Å². The summed E-state index contributed by atoms with van der Waals surface area (Å²) in [4.78, 5) is 50.5. The number of imide groups is 1. The molecular formula is C18H19N3O6S. The van der Waals surface area contributed by atoms with Gasteiger partial charge >= 0.3 is 5.69 Å². The van der Waals surface area contributed by atoms with Crippen molar-refractivity contribution in [1.82, 2.24) is 9.80 Å². The lowest BCUT2D eigenvalue weighted by atomic mass is 10.1. The summed E-state index contributed by atoms with van der Waals surface area (Å²) in [5.41, 5.74) is 0.0697. The third-order valence-corrected chi connectivity index (χ3v) is 5.50. The lowest BCUT2D eigenvalue weighted by Crippen LogP contribution is -2.44. The number of methoxy groups -OCH3 is 1. The third-order valence-electron chi connectivity index (χ3n) is 4.59. The molecule has 1 aromatic carbocycles. The van der Waals surface area contributed by atoms with Gasteiger partial charge in [0.25, 0.3) is 11.1 Å². The zero-order valence-corrected chi connectivity index (χ0v) is 16.1. The predicted molar refractivity (Wildman–Crippen MR) is 103 cm³/mol. The average molecular weight is 405 g/mol. The van der Waals surface area contributed by atoms with Crippen molar-refractivity contribution >= 4 is 40.6 Å². The number of hydrogen-bond donors (Lipinski definition) is 0. The maximum atomic E-state index is 12.6. The highest BCUT2D eigenvalue weighted by Crippen LogP contribution is 2.37. The first kappa shape index (κ1) is 19.9. The van der Waals surface area contributed by atoms with Crippen LogP contribution in [0.25, 0.3) is 6.08 Å². The van der Waals surface area contributed by atoms with E-state index in [0.717, 1.165) is 24.2 Å². The van der Waals surface area contributed by atoms with Gasteiger partial charge < -0.3 is 9.64 Å². The molecule has 0 bridgehead atoms. The van der Waals surface area contributed by atoms with Gasteiger partial charge in [-0.1, -0.05) is 12.1 Å². The zero-order chi connectivity index (χ0) is 20.3. The molecule has 0 saturated carbocycles. The van der Waals surface area contributed by atoms with E-state index in [1.54, 1.807) is 11.0 Å². The Balaban J connectivity index is 1.81. The first-order chi connectivity index (χ1) is 13.4. The summed E-state index contributed by atoms with van der Waals surface area (Å²) in [6, 6.07) is 4.31. The Hall–Kier alpha value is -2.88. The topological polar surface area (TPSA) is 110 Å². The monoisotopic (exact) mass is 405 g/mol. The van der Waals surface area contributed by atoms with Crippen molar-refractivity contribution in [3.63, 3.8) is 0 Å². The fourth-order valence-electron chi connectivity index (χ4n) is 3.18. The van der Waals surface area contributed by atoms with E-state index in [9.17, 15) is 24.5 Å². The number of carbonyl (C=O) groups excluding carboxylic acids is 3. The van der Waals surface area contributed by atoms with E-state index in [0.29, 0.717) is 30.4 Å². The summed E-state index contributed by atoms with van der Waals surface area (Å²) in [5, 5.41) is 10.6. The third kappa shape index (κ3) is 4.01. The lowest BCUT2D eigenvalue weighted by Gasteiger charge is -2.27. The molecular weight excluding hydrogens is 386 g/mol. The highest BCUT2D eigenvalue weighted by Gasteiger charge is 2.37. The highest BCUT2D eigenvalue weighted by molar-refractivity contribution is 8.18. The molecule has 0 atom stereocenters. The van der Waals surface area contributed by atoms with Gasteiger partial charge in [0.1, 0.15) is 6.54 Å². The molecule has 2 aliphatic heterocycles. The normalized spacial score (nSPS) is 18.7. The van der Waals surface area contributed by atoms with Gasteiger partial charge in [-0.05, 0) is 37.1 Å². The number of amides is 3. The van der Waals surface area contributed by atoms with Crippen LogP contribution in [0.15, 0.2) is 23.1 Å². The predicted octanol–water partition coefficient (Wildman–Crippen LogP) is 2.65. The summed E-state index contributed by atoms with van der Waals surface area (Å²) in [6.07, 6.45) is 4.28. The van der Waals surface area contributed by atoms with Gasteiger partial charge in [-0.25, -0.2) is 0 Å². The van der Waals surface area contributed by atoms with Crippen LogP contribution in [0, 0.1) is 10.1 Å². The van der Waals surface area contributed by atoms with Crippen LogP contribution in [-0.4, -0.2) is 58.5 Å². The lowest BCUT2D eigenvalue weighted by molar-refractivity contribution is -0.385. The van der Waals surface area contributed by atoms with E-state index in [-0.39, 0.29) is 28.8 Å². The summed E-state index contributed by atoms with van der Waals surface area (Å²) in [7, 11) is 1.29. The molecule has 2 aliphatic rings. The van der Waals surface area contributed by atoms with E-state index < -0.39 is 16.1 Å². The molecule has 2 fully saturated rings. The van der Waals surface area contributed by atoms with Gasteiger partial charge in [0.2, 0.25) is 11.7 Å². The average Bonchev–Trinajstić information content (AvgIpc) is 2.95. The van der Waals surface area contributed by atoms with Crippen LogP contribution in [0.4, 0.5) is 10.5 Å². The van der Waals surface area contributed by atoms with E-state index in [4.69, 9.17) is 4.74 Å². The number of thioether (sulfide) groups is 1. The molecule has 148 valence electrons. The second kappa shape index (κ2) is 8.42. The minimum Gasteiger partial charge on any atom is -0.490 e. The standard InChI is InChI=1S/C18H19N3O6S/c1-27-16-12(6-5-7-13(16)21(25)26)10-14-17(23)20(18(24)28-14)11-15(22)19-8-3-2-4-9-19/h5-7,10H,2-4,8-9,11H2,1H3/b14-10-. The quantitative estimate of drug-likeness (QED) is 0.421. The fraction of sp³-hybridized carbons (Fsp3) is 0.389. The van der Waals surface area contributed by atoms with Gasteiger partial charge in [0.05, 0.1) is 16.9 Å². The van der Waals surface area contributed by atoms with E-state index in [2.05, 4.69) is 0 Å². The number of benzene rings is 1. The van der Waals surface area contributed by atoms with Crippen molar-refractivity contribution in [2.75, 3.05) is 26.7 Å². The van der Waals surface area contributed by atoms with E-state index in [1.807, 2.05) is 0 Å². The molecule has 2 saturated heterocycles. The van der Waals surface area contributed by atoms with Crippen molar-refractivity contribution in [2.24, 2.45) is 0 Å². The Morgan fingerprint density at radius 2 is 2.00 bits per heavy atom. The molecule has 0 spiro atoms. The van der Waals surface area contributed by atoms with Gasteiger partial charge in [0.15, 0.2) is 0 Å². The second-order valence-electron chi connectivity index (χ2n) is 6.37. The summed E-state index contributed by atoms with van der Waals surface area (Å²) < 4.78 is 5.11. The van der Waals surface area contributed by atoms with Crippen LogP contribution in [0.1, 0.15) is 24.8 Å². The molecule has 1 aromatic rings. The molecule has 0 radical (unpaired) electrons. The highest BCUT2D eigenvalue weighted by atomic mass is 32.2. The molecule has 0 aromatic heterocycles. The van der Waals surface area contributed by atoms with Crippen LogP contribution in [0.3, 0.4) is 0 Å². The first-order valence-corrected chi connectivity index (χ1v) is 9.58. The number of piperidine rings is 1. The summed E-state index contributed by atoms with van der Waals surface area (Å²) >= 11 is 0.701. The van der Waals surface area contributed by atoms with E-state index in [1.165, 1.54) is 25.3 Å². The van der Waals surface area contributed by atoms with Crippen LogP contribution in [0.5, 0.6) is 5.75 Å². The molecule has 9 nitrogen and oxygen atoms in total. The number of nitro benzene ring substituents is 1. The Kier molecular flexibility index (Phi) is 5.98. The van der Waals surface area contributed by atoms with Crippen LogP contribution >= 0.6 is 11.8 Å². The number of para-hydroxylation sites is 1. The minimum absolute atomic E-state index is 0.00342. The molecule has 0 unspecified atom stereocenters. The van der Waals surface area contributed by atoms with Crippen molar-refractivity contribution in [2.45, 2.75) is 19.3 Å². The van der Waals surface area contributed by atoms with Crippen LogP contribution < -0.4 is 4.74 Å². The molecule has 0 N–H and O–H groups in total. The van der Waals surface area contributed by atoms with Crippen LogP contribution in [-0.2, 0) is 9.59 Å². The smallest absolute Gasteiger partial charge is 0.311 e. The first-order valence-electron chi connectivity index (χ1n) is 8.77. The van der Waals surface area contributed by atoms with Gasteiger partial charge in [0, 0.05) is 24.7 Å². The van der Waals surface area contributed by atoms with Gasteiger partial charge in [-0.15, -0.1) is 0 Å². The maximum Gasteiger partial charge on any atom is 0.311 e. The molecule has 0 aliphatic carbocycles. The van der Waals surface area contributed by atoms with Gasteiger partial charge in [-0.3, -0.25) is 29.4 Å². The minimum atomic E-state index is -0.589. The number of ether oxygens (including phenoxy) is 1. The van der Waals surface area contributed by atoms with Crippen molar-refractivity contribution < 1.29 is 24.0 Å². The van der Waals surface area contributed by atoms with Crippen molar-refractivity contribution in [1.29, 1.82) is 0 Å². The Morgan fingerprint density at radius 1 is 1.29 bits per heavy atom. The molecule has 3 rings (SSSR count). The number of hydrogen-bond acceptors (Lipinski definition) is 7. The summed E-state index contributed by atoms with van der Waals surface area (Å²) in [5.74, 6) is -0.839. The zero-order valence-electron chi connectivity index (χ0n) is 15.3. The number of nitro groups is 1. The Morgan fingerprint density at radius 3 is 2.64 bits per heavy atom. The molecule has 10 heteroatoms. The van der Waals surface area contributed by atoms with Crippen molar-refractivity contribution in [3.8, 4) is 5.75 Å². The molecule has 28 heavy (non-hydrogen) atoms. The Bertz CT molecular complexity index is 863. The molecule has 3 amide bonds. The summed E-state index contributed by atoms with van der Waals surface area (Å²) in [6.45, 7) is 0.972. The molecule has 2 heterocycles. The maximum absolute atomic E-state index is 12.6. The SMILES string of the molecule is COc1c(/C=C2\SC(=O)N(CC(=O)N3CCCCC3)C2=O)cccc1[N+](=O)[O-]. The van der Waals surface area contributed by atoms with Gasteiger partial charge in [-0.2, -0.15) is 0 Å².